The molecule has 0 atom stereocenters. The van der Waals surface area contributed by atoms with Gasteiger partial charge in [0, 0.05) is 17.1 Å². The van der Waals surface area contributed by atoms with Crippen LogP contribution >= 0.6 is 11.3 Å². The Kier molecular flexibility index (Phi) is 4.10. The molecule has 128 valence electrons. The van der Waals surface area contributed by atoms with Gasteiger partial charge in [-0.2, -0.15) is 5.10 Å². The summed E-state index contributed by atoms with van der Waals surface area (Å²) in [5.41, 5.74) is 1.97. The van der Waals surface area contributed by atoms with E-state index in [9.17, 15) is 4.79 Å². The molecule has 1 amide bonds. The molecule has 2 aromatic heterocycles. The minimum Gasteiger partial charge on any atom is -0.496 e. The van der Waals surface area contributed by atoms with Crippen molar-refractivity contribution in [2.45, 2.75) is 6.10 Å². The number of thiazole rings is 1. The van der Waals surface area contributed by atoms with Gasteiger partial charge in [-0.15, -0.1) is 0 Å². The summed E-state index contributed by atoms with van der Waals surface area (Å²) in [5, 5.41) is 9.56. The first-order valence-corrected chi connectivity index (χ1v) is 8.67. The molecule has 7 nitrogen and oxygen atoms in total. The number of hydrogen-bond acceptors (Lipinski definition) is 6. The van der Waals surface area contributed by atoms with Crippen molar-refractivity contribution in [3.05, 3.63) is 47.6 Å². The van der Waals surface area contributed by atoms with E-state index in [2.05, 4.69) is 15.2 Å². The number of likely N-dealkylation sites (tertiary alicyclic amines) is 1. The molecular formula is C17H16N4O3S. The van der Waals surface area contributed by atoms with Crippen molar-refractivity contribution in [1.82, 2.24) is 20.1 Å². The van der Waals surface area contributed by atoms with Crippen molar-refractivity contribution in [3.8, 4) is 22.2 Å². The Morgan fingerprint density at radius 1 is 1.36 bits per heavy atom. The van der Waals surface area contributed by atoms with Gasteiger partial charge in [0.1, 0.15) is 17.5 Å². The standard InChI is InChI=1S/C17H16N4O3S/c1-23-15-5-3-2-4-12(15)13-8-14(20-19-13)16(22)21-9-11(10-21)24-17-18-6-7-25-17/h2-8,11H,9-10H2,1H3,(H,19,20). The van der Waals surface area contributed by atoms with Gasteiger partial charge in [0.05, 0.1) is 25.9 Å². The largest absolute Gasteiger partial charge is 0.496 e. The van der Waals surface area contributed by atoms with E-state index in [0.29, 0.717) is 35.4 Å². The average molecular weight is 356 g/mol. The third-order valence-corrected chi connectivity index (χ3v) is 4.66. The van der Waals surface area contributed by atoms with E-state index in [1.807, 2.05) is 29.6 Å². The highest BCUT2D eigenvalue weighted by molar-refractivity contribution is 7.11. The van der Waals surface area contributed by atoms with E-state index in [1.54, 1.807) is 24.3 Å². The van der Waals surface area contributed by atoms with Crippen LogP contribution in [0.1, 0.15) is 10.5 Å². The van der Waals surface area contributed by atoms with Crippen molar-refractivity contribution in [2.24, 2.45) is 0 Å². The summed E-state index contributed by atoms with van der Waals surface area (Å²) in [4.78, 5) is 18.3. The van der Waals surface area contributed by atoms with Gasteiger partial charge in [0.25, 0.3) is 11.1 Å². The average Bonchev–Trinajstić information content (AvgIpc) is 3.29. The van der Waals surface area contributed by atoms with Crippen molar-refractivity contribution in [1.29, 1.82) is 0 Å². The lowest BCUT2D eigenvalue weighted by molar-refractivity contribution is 0.0172. The number of H-pyrrole nitrogens is 1. The van der Waals surface area contributed by atoms with Crippen LogP contribution in [-0.2, 0) is 0 Å². The maximum Gasteiger partial charge on any atom is 0.273 e. The number of aromatic nitrogens is 3. The van der Waals surface area contributed by atoms with Gasteiger partial charge in [-0.1, -0.05) is 23.5 Å². The van der Waals surface area contributed by atoms with E-state index < -0.39 is 0 Å². The maximum absolute atomic E-state index is 12.5. The molecule has 3 heterocycles. The highest BCUT2D eigenvalue weighted by atomic mass is 32.1. The lowest BCUT2D eigenvalue weighted by Crippen LogP contribution is -2.56. The third kappa shape index (κ3) is 3.08. The molecule has 1 aliphatic heterocycles. The molecule has 0 spiro atoms. The molecule has 1 aliphatic rings. The Labute approximate surface area is 148 Å². The minimum absolute atomic E-state index is 0.00768. The number of para-hydroxylation sites is 1. The first kappa shape index (κ1) is 15.6. The van der Waals surface area contributed by atoms with Crippen molar-refractivity contribution < 1.29 is 14.3 Å². The summed E-state index contributed by atoms with van der Waals surface area (Å²) >= 11 is 1.45. The lowest BCUT2D eigenvalue weighted by atomic mass is 10.1. The predicted octanol–water partition coefficient (Wildman–Crippen LogP) is 2.45. The van der Waals surface area contributed by atoms with Crippen LogP contribution in [-0.4, -0.2) is 52.3 Å². The fourth-order valence-electron chi connectivity index (χ4n) is 2.69. The maximum atomic E-state index is 12.5. The lowest BCUT2D eigenvalue weighted by Gasteiger charge is -2.37. The topological polar surface area (TPSA) is 80.3 Å². The molecule has 4 rings (SSSR count). The predicted molar refractivity (Wildman–Crippen MR) is 93.0 cm³/mol. The van der Waals surface area contributed by atoms with E-state index in [1.165, 1.54) is 11.3 Å². The van der Waals surface area contributed by atoms with E-state index in [4.69, 9.17) is 9.47 Å². The van der Waals surface area contributed by atoms with Gasteiger partial charge in [0.15, 0.2) is 0 Å². The smallest absolute Gasteiger partial charge is 0.273 e. The molecule has 0 unspecified atom stereocenters. The number of carbonyl (C=O) groups is 1. The second-order valence-corrected chi connectivity index (χ2v) is 6.47. The molecule has 1 aromatic carbocycles. The van der Waals surface area contributed by atoms with Crippen LogP contribution in [0.2, 0.25) is 0 Å². The zero-order valence-electron chi connectivity index (χ0n) is 13.5. The first-order valence-electron chi connectivity index (χ1n) is 7.79. The number of benzene rings is 1. The number of aromatic amines is 1. The van der Waals surface area contributed by atoms with Gasteiger partial charge in [-0.25, -0.2) is 4.98 Å². The molecule has 0 saturated carbocycles. The normalized spacial score (nSPS) is 14.2. The quantitative estimate of drug-likeness (QED) is 0.759. The number of carbonyl (C=O) groups excluding carboxylic acids is 1. The third-order valence-electron chi connectivity index (χ3n) is 4.00. The second kappa shape index (κ2) is 6.56. The highest BCUT2D eigenvalue weighted by Crippen LogP contribution is 2.29. The number of amides is 1. The SMILES string of the molecule is COc1ccccc1-c1cc(C(=O)N2CC(Oc3nccs3)C2)[nH]n1. The molecule has 0 radical (unpaired) electrons. The summed E-state index contributed by atoms with van der Waals surface area (Å²) in [6, 6.07) is 9.31. The minimum atomic E-state index is -0.0902. The van der Waals surface area contributed by atoms with Crippen molar-refractivity contribution in [3.63, 3.8) is 0 Å². The Balaban J connectivity index is 1.42. The van der Waals surface area contributed by atoms with E-state index in [-0.39, 0.29) is 12.0 Å². The van der Waals surface area contributed by atoms with Gasteiger partial charge >= 0.3 is 0 Å². The van der Waals surface area contributed by atoms with Crippen LogP contribution in [0.15, 0.2) is 41.9 Å². The fraction of sp³-hybridized carbons (Fsp3) is 0.235. The number of nitrogens with one attached hydrogen (secondary N) is 1. The summed E-state index contributed by atoms with van der Waals surface area (Å²) in [6.45, 7) is 1.09. The van der Waals surface area contributed by atoms with Crippen LogP contribution in [0.25, 0.3) is 11.3 Å². The molecule has 25 heavy (non-hydrogen) atoms. The summed E-state index contributed by atoms with van der Waals surface area (Å²) < 4.78 is 11.0. The summed E-state index contributed by atoms with van der Waals surface area (Å²) in [7, 11) is 1.61. The van der Waals surface area contributed by atoms with E-state index in [0.717, 1.165) is 5.56 Å². The van der Waals surface area contributed by atoms with E-state index >= 15 is 0 Å². The number of hydrogen-bond donors (Lipinski definition) is 1. The molecule has 8 heteroatoms. The van der Waals surface area contributed by atoms with Gasteiger partial charge in [-0.3, -0.25) is 9.89 Å². The zero-order chi connectivity index (χ0) is 17.2. The number of nitrogens with zero attached hydrogens (tertiary/aromatic N) is 3. The van der Waals surface area contributed by atoms with Crippen LogP contribution < -0.4 is 9.47 Å². The van der Waals surface area contributed by atoms with Gasteiger partial charge in [-0.05, 0) is 18.2 Å². The zero-order valence-corrected chi connectivity index (χ0v) is 14.3. The molecule has 3 aromatic rings. The molecule has 1 saturated heterocycles. The molecule has 1 fully saturated rings. The molecule has 0 bridgehead atoms. The second-order valence-electron chi connectivity index (χ2n) is 5.62. The monoisotopic (exact) mass is 356 g/mol. The van der Waals surface area contributed by atoms with Crippen molar-refractivity contribution in [2.75, 3.05) is 20.2 Å². The fourth-order valence-corrected chi connectivity index (χ4v) is 3.24. The van der Waals surface area contributed by atoms with Crippen LogP contribution in [0, 0.1) is 0 Å². The van der Waals surface area contributed by atoms with Gasteiger partial charge < -0.3 is 14.4 Å². The van der Waals surface area contributed by atoms with Crippen LogP contribution in [0.4, 0.5) is 0 Å². The molecule has 0 aliphatic carbocycles. The number of ether oxygens (including phenoxy) is 2. The Bertz CT molecular complexity index is 872. The van der Waals surface area contributed by atoms with Crippen LogP contribution in [0.3, 0.4) is 0 Å². The molecular weight excluding hydrogens is 340 g/mol. The Hall–Kier alpha value is -2.87. The molecule has 1 N–H and O–H groups in total. The Morgan fingerprint density at radius 3 is 2.96 bits per heavy atom. The Morgan fingerprint density at radius 2 is 2.20 bits per heavy atom. The van der Waals surface area contributed by atoms with Gasteiger partial charge in [0.2, 0.25) is 0 Å². The highest BCUT2D eigenvalue weighted by Gasteiger charge is 2.34. The first-order chi connectivity index (χ1) is 12.2. The summed E-state index contributed by atoms with van der Waals surface area (Å²) in [6.07, 6.45) is 1.69. The van der Waals surface area contributed by atoms with Crippen LogP contribution in [0.5, 0.6) is 10.9 Å². The number of methoxy groups -OCH3 is 1. The number of rotatable bonds is 5. The van der Waals surface area contributed by atoms with Crippen molar-refractivity contribution >= 4 is 17.2 Å². The summed E-state index contributed by atoms with van der Waals surface area (Å²) in [5.74, 6) is 0.626.